The molecule has 2 heterocycles. The molecule has 0 spiro atoms. The first-order valence-corrected chi connectivity index (χ1v) is 4.00. The molecule has 0 saturated heterocycles. The number of carboxylic acid groups (broad SMARTS) is 1. The van der Waals surface area contributed by atoms with E-state index in [9.17, 15) is 9.18 Å². The fourth-order valence-corrected chi connectivity index (χ4v) is 1.96. The van der Waals surface area contributed by atoms with Crippen LogP contribution in [0.4, 0.5) is 4.39 Å². The maximum atomic E-state index is 12.9. The minimum atomic E-state index is -1.23. The number of aromatic carboxylic acids is 1. The first kappa shape index (κ1) is 7.30. The van der Waals surface area contributed by atoms with Crippen LogP contribution in [0.15, 0.2) is 12.3 Å². The van der Waals surface area contributed by atoms with Gasteiger partial charge in [0.25, 0.3) is 0 Å². The highest BCUT2D eigenvalue weighted by Gasteiger charge is 2.18. The van der Waals surface area contributed by atoms with Crippen molar-refractivity contribution >= 4 is 27.5 Å². The van der Waals surface area contributed by atoms with E-state index in [1.54, 1.807) is 12.3 Å². The second kappa shape index (κ2) is 2.31. The van der Waals surface area contributed by atoms with Crippen LogP contribution in [0.3, 0.4) is 0 Å². The van der Waals surface area contributed by atoms with Gasteiger partial charge >= 0.3 is 5.97 Å². The fourth-order valence-electron chi connectivity index (χ4n) is 1.07. The van der Waals surface area contributed by atoms with Gasteiger partial charge in [-0.3, -0.25) is 0 Å². The van der Waals surface area contributed by atoms with Crippen LogP contribution in [-0.4, -0.2) is 16.1 Å². The molecular weight excluding hydrogens is 181 g/mol. The molecule has 2 rings (SSSR count). The lowest BCUT2D eigenvalue weighted by Crippen LogP contribution is -1.96. The minimum absolute atomic E-state index is 0.264. The third-order valence-electron chi connectivity index (χ3n) is 1.57. The lowest BCUT2D eigenvalue weighted by atomic mass is 10.3. The van der Waals surface area contributed by atoms with E-state index in [0.29, 0.717) is 10.2 Å². The van der Waals surface area contributed by atoms with Crippen molar-refractivity contribution in [2.45, 2.75) is 0 Å². The fraction of sp³-hybridized carbons (Fsp3) is 0. The standard InChI is InChI=1S/C7H4FNO2S/c8-6-4(7(10)11)5-3(12-6)1-2-9-5/h1-2,9H,(H,10,11). The topological polar surface area (TPSA) is 53.1 Å². The van der Waals surface area contributed by atoms with Gasteiger partial charge in [-0.15, -0.1) is 11.3 Å². The van der Waals surface area contributed by atoms with E-state index in [2.05, 4.69) is 4.98 Å². The monoisotopic (exact) mass is 185 g/mol. The van der Waals surface area contributed by atoms with Gasteiger partial charge in [0.1, 0.15) is 5.56 Å². The van der Waals surface area contributed by atoms with E-state index in [0.717, 1.165) is 11.3 Å². The Morgan fingerprint density at radius 3 is 3.08 bits per heavy atom. The van der Waals surface area contributed by atoms with Crippen LogP contribution in [0.5, 0.6) is 0 Å². The average molecular weight is 185 g/mol. The maximum Gasteiger partial charge on any atom is 0.341 e. The summed E-state index contributed by atoms with van der Waals surface area (Å²) < 4.78 is 13.5. The number of fused-ring (bicyclic) bond motifs is 1. The Balaban J connectivity index is 2.84. The Kier molecular flexibility index (Phi) is 1.41. The molecule has 0 saturated carbocycles. The number of hydrogen-bond donors (Lipinski definition) is 2. The Bertz CT molecular complexity index is 445. The zero-order chi connectivity index (χ0) is 8.72. The van der Waals surface area contributed by atoms with Gasteiger partial charge in [0.15, 0.2) is 5.13 Å². The van der Waals surface area contributed by atoms with E-state index in [1.165, 1.54) is 0 Å². The summed E-state index contributed by atoms with van der Waals surface area (Å²) in [5.74, 6) is -1.23. The molecule has 5 heteroatoms. The highest BCUT2D eigenvalue weighted by Crippen LogP contribution is 2.28. The van der Waals surface area contributed by atoms with Crippen molar-refractivity contribution in [3.8, 4) is 0 Å². The average Bonchev–Trinajstić information content (AvgIpc) is 2.44. The van der Waals surface area contributed by atoms with Crippen molar-refractivity contribution in [1.82, 2.24) is 4.98 Å². The number of halogens is 1. The van der Waals surface area contributed by atoms with E-state index >= 15 is 0 Å². The molecule has 0 aromatic carbocycles. The molecule has 2 aromatic rings. The number of thiophene rings is 1. The molecule has 0 amide bonds. The van der Waals surface area contributed by atoms with E-state index in [4.69, 9.17) is 5.11 Å². The molecule has 3 nitrogen and oxygen atoms in total. The van der Waals surface area contributed by atoms with Crippen molar-refractivity contribution in [1.29, 1.82) is 0 Å². The van der Waals surface area contributed by atoms with Gasteiger partial charge in [0.05, 0.1) is 10.2 Å². The van der Waals surface area contributed by atoms with Gasteiger partial charge in [-0.05, 0) is 6.07 Å². The zero-order valence-corrected chi connectivity index (χ0v) is 6.61. The second-order valence-electron chi connectivity index (χ2n) is 2.27. The van der Waals surface area contributed by atoms with Crippen LogP contribution in [0.2, 0.25) is 0 Å². The highest BCUT2D eigenvalue weighted by atomic mass is 32.1. The Morgan fingerprint density at radius 1 is 1.67 bits per heavy atom. The first-order valence-electron chi connectivity index (χ1n) is 3.19. The molecule has 0 aliphatic carbocycles. The van der Waals surface area contributed by atoms with Crippen LogP contribution in [0, 0.1) is 5.13 Å². The summed E-state index contributed by atoms with van der Waals surface area (Å²) in [6.45, 7) is 0. The Morgan fingerprint density at radius 2 is 2.42 bits per heavy atom. The largest absolute Gasteiger partial charge is 0.477 e. The van der Waals surface area contributed by atoms with Gasteiger partial charge in [0.2, 0.25) is 0 Å². The number of nitrogens with one attached hydrogen (secondary N) is 1. The first-order chi connectivity index (χ1) is 5.70. The van der Waals surface area contributed by atoms with Crippen LogP contribution in [0.25, 0.3) is 10.2 Å². The van der Waals surface area contributed by atoms with Crippen molar-refractivity contribution in [2.24, 2.45) is 0 Å². The molecule has 12 heavy (non-hydrogen) atoms. The number of carboxylic acids is 1. The van der Waals surface area contributed by atoms with Crippen LogP contribution < -0.4 is 0 Å². The molecule has 0 fully saturated rings. The molecule has 2 N–H and O–H groups in total. The molecule has 0 aliphatic heterocycles. The summed E-state index contributed by atoms with van der Waals surface area (Å²) in [5, 5.41) is 7.97. The molecule has 0 unspecified atom stereocenters. The summed E-state index contributed by atoms with van der Waals surface area (Å²) in [4.78, 5) is 13.2. The van der Waals surface area contributed by atoms with Crippen LogP contribution in [-0.2, 0) is 0 Å². The van der Waals surface area contributed by atoms with Gasteiger partial charge in [-0.25, -0.2) is 4.79 Å². The summed E-state index contributed by atoms with van der Waals surface area (Å²) >= 11 is 0.835. The van der Waals surface area contributed by atoms with E-state index < -0.39 is 11.1 Å². The van der Waals surface area contributed by atoms with Crippen molar-refractivity contribution in [3.63, 3.8) is 0 Å². The Hall–Kier alpha value is -1.36. The van der Waals surface area contributed by atoms with Crippen LogP contribution in [0.1, 0.15) is 10.4 Å². The second-order valence-corrected chi connectivity index (χ2v) is 3.28. The van der Waals surface area contributed by atoms with Gasteiger partial charge in [-0.2, -0.15) is 4.39 Å². The number of aromatic amines is 1. The number of carbonyl (C=O) groups is 1. The molecule has 2 aromatic heterocycles. The smallest absolute Gasteiger partial charge is 0.341 e. The predicted molar refractivity (Wildman–Crippen MR) is 43.1 cm³/mol. The third kappa shape index (κ3) is 0.831. The maximum absolute atomic E-state index is 12.9. The molecule has 62 valence electrons. The number of rotatable bonds is 1. The van der Waals surface area contributed by atoms with E-state index in [-0.39, 0.29) is 5.56 Å². The third-order valence-corrected chi connectivity index (χ3v) is 2.51. The summed E-state index contributed by atoms with van der Waals surface area (Å²) in [6.07, 6.45) is 1.59. The lowest BCUT2D eigenvalue weighted by Gasteiger charge is -1.87. The molecular formula is C7H4FNO2S. The molecule has 0 radical (unpaired) electrons. The van der Waals surface area contributed by atoms with Gasteiger partial charge in [0, 0.05) is 6.20 Å². The Labute approximate surface area is 70.4 Å². The number of H-pyrrole nitrogens is 1. The SMILES string of the molecule is O=C(O)c1c(F)sc2cc[nH]c12. The van der Waals surface area contributed by atoms with Crippen molar-refractivity contribution < 1.29 is 14.3 Å². The van der Waals surface area contributed by atoms with Gasteiger partial charge in [-0.1, -0.05) is 0 Å². The molecule has 0 atom stereocenters. The summed E-state index contributed by atoms with van der Waals surface area (Å²) in [7, 11) is 0. The van der Waals surface area contributed by atoms with Crippen molar-refractivity contribution in [3.05, 3.63) is 23.0 Å². The predicted octanol–water partition coefficient (Wildman–Crippen LogP) is 2.07. The van der Waals surface area contributed by atoms with Crippen molar-refractivity contribution in [2.75, 3.05) is 0 Å². The number of hydrogen-bond acceptors (Lipinski definition) is 2. The minimum Gasteiger partial charge on any atom is -0.477 e. The molecule has 0 aliphatic rings. The molecule has 0 bridgehead atoms. The van der Waals surface area contributed by atoms with Crippen LogP contribution >= 0.6 is 11.3 Å². The quantitative estimate of drug-likeness (QED) is 0.714. The lowest BCUT2D eigenvalue weighted by molar-refractivity contribution is 0.0695. The highest BCUT2D eigenvalue weighted by molar-refractivity contribution is 7.17. The summed E-state index contributed by atoms with van der Waals surface area (Å²) in [6, 6.07) is 1.65. The summed E-state index contributed by atoms with van der Waals surface area (Å²) in [5.41, 5.74) is 0.102. The normalized spacial score (nSPS) is 10.8. The van der Waals surface area contributed by atoms with Gasteiger partial charge < -0.3 is 10.1 Å². The zero-order valence-electron chi connectivity index (χ0n) is 5.80. The number of aromatic nitrogens is 1. The van der Waals surface area contributed by atoms with E-state index in [1.807, 2.05) is 0 Å².